The molecule has 0 aliphatic carbocycles. The number of phosphoric acid groups is 1. The predicted octanol–water partition coefficient (Wildman–Crippen LogP) is 13.6. The minimum atomic E-state index is -4.76. The van der Waals surface area contributed by atoms with Gasteiger partial charge in [0.2, 0.25) is 0 Å². The summed E-state index contributed by atoms with van der Waals surface area (Å²) < 4.78 is 27.4. The molecule has 0 saturated heterocycles. The van der Waals surface area contributed by atoms with Crippen molar-refractivity contribution < 1.29 is 28.7 Å². The quantitative estimate of drug-likeness (QED) is 0.155. The Bertz CT molecular complexity index is 1600. The first kappa shape index (κ1) is 47.5. The number of phosphoric ester groups is 1. The number of hydrogen-bond donors (Lipinski definition) is 3. The summed E-state index contributed by atoms with van der Waals surface area (Å²) in [6.07, 6.45) is 2.35. The standard InChI is InChI=1S/C48H81O6P/c1-41(2,3)27-45(13,14)31-23-34-33(21-22-38(49)50)35-24-32(46(15,16)28-42(4,5)6)26-37(48(19,20)30-44(10,11)12)40(35)54-55(51,52)53-39(34)36(25-31)47(17,18)29-43(7,8)9/h23-26,33,38,49-50H,21-22,27-30H2,1-20H3,(H,51,52). The number of aliphatic hydroxyl groups is 2. The molecule has 1 heterocycles. The Morgan fingerprint density at radius 1 is 0.527 bits per heavy atom. The van der Waals surface area contributed by atoms with E-state index in [1.54, 1.807) is 0 Å². The second-order valence-corrected chi connectivity index (χ2v) is 25.9. The highest BCUT2D eigenvalue weighted by Crippen LogP contribution is 2.60. The highest BCUT2D eigenvalue weighted by Gasteiger charge is 2.44. The molecule has 2 aromatic rings. The molecule has 0 bridgehead atoms. The van der Waals surface area contributed by atoms with E-state index in [0.717, 1.165) is 59.1 Å². The molecule has 1 aliphatic heterocycles. The van der Waals surface area contributed by atoms with Crippen LogP contribution in [0.25, 0.3) is 0 Å². The number of rotatable bonds is 11. The van der Waals surface area contributed by atoms with Crippen LogP contribution in [-0.4, -0.2) is 21.4 Å². The minimum absolute atomic E-state index is 0.0358. The molecule has 0 amide bonds. The molecule has 314 valence electrons. The SMILES string of the molecule is CC(C)(C)CC(C)(C)c1cc2c(c(C(C)(C)CC(C)(C)C)c1)OP(=O)(O)Oc1c(cc(C(C)(C)CC(C)(C)C)cc1C(C)(C)CC(C)(C)C)C2CCC(O)O. The smallest absolute Gasteiger partial charge is 0.395 e. The molecule has 0 fully saturated rings. The van der Waals surface area contributed by atoms with Crippen LogP contribution in [0.2, 0.25) is 0 Å². The molecular weight excluding hydrogens is 703 g/mol. The largest absolute Gasteiger partial charge is 0.584 e. The van der Waals surface area contributed by atoms with Gasteiger partial charge < -0.3 is 19.3 Å². The monoisotopic (exact) mass is 785 g/mol. The highest BCUT2D eigenvalue weighted by molar-refractivity contribution is 7.48. The van der Waals surface area contributed by atoms with Crippen LogP contribution in [0.1, 0.15) is 216 Å². The summed E-state index contributed by atoms with van der Waals surface area (Å²) in [6, 6.07) is 8.79. The molecule has 55 heavy (non-hydrogen) atoms. The van der Waals surface area contributed by atoms with Crippen LogP contribution in [0.3, 0.4) is 0 Å². The van der Waals surface area contributed by atoms with E-state index in [9.17, 15) is 19.7 Å². The molecule has 7 heteroatoms. The van der Waals surface area contributed by atoms with Gasteiger partial charge in [-0.15, -0.1) is 0 Å². The number of benzene rings is 2. The lowest BCUT2D eigenvalue weighted by Gasteiger charge is -2.41. The maximum absolute atomic E-state index is 14.6. The third-order valence-corrected chi connectivity index (χ3v) is 11.8. The summed E-state index contributed by atoms with van der Waals surface area (Å²) in [5.74, 6) is 0.304. The maximum Gasteiger partial charge on any atom is 0.584 e. The van der Waals surface area contributed by atoms with Crippen molar-refractivity contribution >= 4 is 7.82 Å². The van der Waals surface area contributed by atoms with Gasteiger partial charge >= 0.3 is 7.82 Å². The summed E-state index contributed by atoms with van der Waals surface area (Å²) in [4.78, 5) is 11.9. The van der Waals surface area contributed by atoms with Gasteiger partial charge in [0.1, 0.15) is 11.5 Å². The van der Waals surface area contributed by atoms with Crippen LogP contribution >= 0.6 is 7.82 Å². The number of aliphatic hydroxyl groups excluding tert-OH is 1. The summed E-state index contributed by atoms with van der Waals surface area (Å²) in [6.45, 7) is 44.8. The number of hydrogen-bond acceptors (Lipinski definition) is 5. The van der Waals surface area contributed by atoms with E-state index < -0.39 is 30.9 Å². The lowest BCUT2D eigenvalue weighted by atomic mass is 9.66. The lowest BCUT2D eigenvalue weighted by Crippen LogP contribution is -2.31. The maximum atomic E-state index is 14.6. The van der Waals surface area contributed by atoms with Gasteiger partial charge in [-0.2, -0.15) is 0 Å². The Morgan fingerprint density at radius 2 is 0.818 bits per heavy atom. The molecule has 1 aliphatic rings. The van der Waals surface area contributed by atoms with Gasteiger partial charge in [-0.05, 0) is 93.0 Å². The average Bonchev–Trinajstić information content (AvgIpc) is 2.87. The topological polar surface area (TPSA) is 96.2 Å². The van der Waals surface area contributed by atoms with Crippen molar-refractivity contribution in [3.8, 4) is 11.5 Å². The second kappa shape index (κ2) is 15.4. The average molecular weight is 785 g/mol. The van der Waals surface area contributed by atoms with Crippen LogP contribution in [0.15, 0.2) is 24.3 Å². The van der Waals surface area contributed by atoms with Crippen molar-refractivity contribution in [1.29, 1.82) is 0 Å². The van der Waals surface area contributed by atoms with Gasteiger partial charge in [-0.3, -0.25) is 4.89 Å². The van der Waals surface area contributed by atoms with Crippen LogP contribution in [0.4, 0.5) is 0 Å². The molecule has 0 saturated carbocycles. The van der Waals surface area contributed by atoms with Gasteiger partial charge in [0.05, 0.1) is 0 Å². The highest BCUT2D eigenvalue weighted by atomic mass is 31.2. The van der Waals surface area contributed by atoms with Crippen LogP contribution in [0, 0.1) is 21.7 Å². The van der Waals surface area contributed by atoms with Crippen molar-refractivity contribution in [2.45, 2.75) is 211 Å². The molecule has 0 radical (unpaired) electrons. The van der Waals surface area contributed by atoms with Crippen LogP contribution in [-0.2, 0) is 26.2 Å². The van der Waals surface area contributed by atoms with E-state index in [1.807, 2.05) is 0 Å². The first-order chi connectivity index (χ1) is 24.2. The van der Waals surface area contributed by atoms with E-state index in [2.05, 4.69) is 163 Å². The van der Waals surface area contributed by atoms with Gasteiger partial charge in [0.25, 0.3) is 0 Å². The zero-order valence-corrected chi connectivity index (χ0v) is 39.6. The van der Waals surface area contributed by atoms with E-state index >= 15 is 0 Å². The molecule has 0 atom stereocenters. The van der Waals surface area contributed by atoms with Crippen LogP contribution < -0.4 is 9.05 Å². The van der Waals surface area contributed by atoms with Gasteiger partial charge in [-0.1, -0.05) is 163 Å². The first-order valence-electron chi connectivity index (χ1n) is 20.7. The Kier molecular flexibility index (Phi) is 13.3. The molecule has 3 rings (SSSR count). The molecule has 6 nitrogen and oxygen atoms in total. The fraction of sp³-hybridized carbons (Fsp3) is 0.750. The minimum Gasteiger partial charge on any atom is -0.395 e. The van der Waals surface area contributed by atoms with Gasteiger partial charge in [0.15, 0.2) is 6.29 Å². The summed E-state index contributed by atoms with van der Waals surface area (Å²) in [5, 5.41) is 20.9. The van der Waals surface area contributed by atoms with Crippen molar-refractivity contribution in [3.63, 3.8) is 0 Å². The Labute approximate surface area is 337 Å². The molecule has 0 aromatic heterocycles. The summed E-state index contributed by atoms with van der Waals surface area (Å²) in [5.41, 5.74) is 4.09. The van der Waals surface area contributed by atoms with Crippen molar-refractivity contribution in [1.82, 2.24) is 0 Å². The van der Waals surface area contributed by atoms with Crippen molar-refractivity contribution in [2.75, 3.05) is 0 Å². The normalized spacial score (nSPS) is 19.3. The molecule has 3 N–H and O–H groups in total. The summed E-state index contributed by atoms with van der Waals surface area (Å²) in [7, 11) is -4.76. The molecular formula is C48H81O6P. The zero-order chi connectivity index (χ0) is 42.8. The Morgan fingerprint density at radius 3 is 1.09 bits per heavy atom. The molecule has 0 unspecified atom stereocenters. The Balaban J connectivity index is 2.70. The number of fused-ring (bicyclic) bond motifs is 2. The van der Waals surface area contributed by atoms with E-state index in [-0.39, 0.29) is 38.9 Å². The van der Waals surface area contributed by atoms with E-state index in [4.69, 9.17) is 9.05 Å². The van der Waals surface area contributed by atoms with Crippen LogP contribution in [0.5, 0.6) is 11.5 Å². The third-order valence-electron chi connectivity index (χ3n) is 11.0. The molecule has 0 spiro atoms. The van der Waals surface area contributed by atoms with Crippen molar-refractivity contribution in [2.24, 2.45) is 21.7 Å². The lowest BCUT2D eigenvalue weighted by molar-refractivity contribution is -0.0469. The van der Waals surface area contributed by atoms with E-state index in [1.165, 1.54) is 0 Å². The van der Waals surface area contributed by atoms with Gasteiger partial charge in [-0.25, -0.2) is 4.57 Å². The predicted molar refractivity (Wildman–Crippen MR) is 232 cm³/mol. The Hall–Kier alpha value is -1.85. The second-order valence-electron chi connectivity index (χ2n) is 24.6. The summed E-state index contributed by atoms with van der Waals surface area (Å²) >= 11 is 0. The zero-order valence-electron chi connectivity index (χ0n) is 38.7. The van der Waals surface area contributed by atoms with Gasteiger partial charge in [0, 0.05) is 28.2 Å². The van der Waals surface area contributed by atoms with Crippen molar-refractivity contribution in [3.05, 3.63) is 57.6 Å². The fourth-order valence-electron chi connectivity index (χ4n) is 10.6. The first-order valence-corrected chi connectivity index (χ1v) is 22.2. The fourth-order valence-corrected chi connectivity index (χ4v) is 11.5. The van der Waals surface area contributed by atoms with E-state index in [0.29, 0.717) is 17.9 Å². The molecule has 2 aromatic carbocycles. The third kappa shape index (κ3) is 12.8.